The molecule has 1 rings (SSSR count). The van der Waals surface area contributed by atoms with Crippen molar-refractivity contribution in [3.8, 4) is 0 Å². The van der Waals surface area contributed by atoms with Gasteiger partial charge >= 0.3 is 0 Å². The number of nitrogens with two attached hydrogens (primary N) is 1. The molecule has 1 atom stereocenters. The third-order valence-electron chi connectivity index (χ3n) is 2.25. The zero-order chi connectivity index (χ0) is 12.2. The fourth-order valence-corrected chi connectivity index (χ4v) is 1.97. The topological polar surface area (TPSA) is 118 Å². The largest absolute Gasteiger partial charge is 0.356 e. The molecular formula is C8H15N3O4S. The predicted molar refractivity (Wildman–Crippen MR) is 56.7 cm³/mol. The lowest BCUT2D eigenvalue weighted by molar-refractivity contribution is -0.126. The lowest BCUT2D eigenvalue weighted by atomic mass is 10.1. The molecule has 2 amide bonds. The Morgan fingerprint density at radius 3 is 2.75 bits per heavy atom. The van der Waals surface area contributed by atoms with E-state index in [1.165, 1.54) is 0 Å². The molecule has 1 fully saturated rings. The van der Waals surface area contributed by atoms with Gasteiger partial charge in [-0.25, -0.2) is 13.6 Å². The number of primary sulfonamides is 1. The van der Waals surface area contributed by atoms with E-state index < -0.39 is 10.0 Å². The second kappa shape index (κ2) is 5.26. The van der Waals surface area contributed by atoms with Crippen LogP contribution < -0.4 is 15.8 Å². The van der Waals surface area contributed by atoms with E-state index in [1.807, 2.05) is 0 Å². The highest BCUT2D eigenvalue weighted by Crippen LogP contribution is 2.08. The Morgan fingerprint density at radius 1 is 1.56 bits per heavy atom. The summed E-state index contributed by atoms with van der Waals surface area (Å²) in [6, 6.07) is 0. The average Bonchev–Trinajstić information content (AvgIpc) is 2.57. The van der Waals surface area contributed by atoms with Gasteiger partial charge in [-0.1, -0.05) is 0 Å². The highest BCUT2D eigenvalue weighted by atomic mass is 32.2. The molecule has 8 heteroatoms. The summed E-state index contributed by atoms with van der Waals surface area (Å²) >= 11 is 0. The third kappa shape index (κ3) is 4.58. The van der Waals surface area contributed by atoms with Gasteiger partial charge in [0.25, 0.3) is 0 Å². The summed E-state index contributed by atoms with van der Waals surface area (Å²) in [6.07, 6.45) is 0.472. The molecule has 1 saturated heterocycles. The van der Waals surface area contributed by atoms with Gasteiger partial charge in [-0.3, -0.25) is 9.59 Å². The molecular weight excluding hydrogens is 234 g/mol. The molecule has 0 spiro atoms. The molecule has 0 aliphatic carbocycles. The molecule has 7 nitrogen and oxygen atoms in total. The normalized spacial score (nSPS) is 20.6. The van der Waals surface area contributed by atoms with Crippen LogP contribution >= 0.6 is 0 Å². The van der Waals surface area contributed by atoms with Gasteiger partial charge in [0.15, 0.2) is 0 Å². The first-order chi connectivity index (χ1) is 7.38. The van der Waals surface area contributed by atoms with Crippen molar-refractivity contribution in [1.29, 1.82) is 0 Å². The molecule has 4 N–H and O–H groups in total. The molecule has 0 aromatic carbocycles. The average molecular weight is 249 g/mol. The van der Waals surface area contributed by atoms with Crippen LogP contribution in [0.3, 0.4) is 0 Å². The molecule has 0 aromatic heterocycles. The van der Waals surface area contributed by atoms with Gasteiger partial charge in [-0.05, 0) is 6.42 Å². The van der Waals surface area contributed by atoms with Crippen molar-refractivity contribution in [2.45, 2.75) is 12.8 Å². The minimum Gasteiger partial charge on any atom is -0.356 e. The Morgan fingerprint density at radius 2 is 2.25 bits per heavy atom. The predicted octanol–water partition coefficient (Wildman–Crippen LogP) is -2.08. The molecule has 1 aliphatic heterocycles. The van der Waals surface area contributed by atoms with Crippen molar-refractivity contribution in [3.05, 3.63) is 0 Å². The van der Waals surface area contributed by atoms with E-state index in [4.69, 9.17) is 5.14 Å². The second-order valence-corrected chi connectivity index (χ2v) is 5.45. The maximum atomic E-state index is 11.4. The van der Waals surface area contributed by atoms with E-state index in [9.17, 15) is 18.0 Å². The fraction of sp³-hybridized carbons (Fsp3) is 0.750. The maximum Gasteiger partial charge on any atom is 0.225 e. The molecule has 0 saturated carbocycles. The van der Waals surface area contributed by atoms with Gasteiger partial charge in [0, 0.05) is 19.5 Å². The Labute approximate surface area is 93.8 Å². The molecule has 1 heterocycles. The number of hydrogen-bond acceptors (Lipinski definition) is 4. The van der Waals surface area contributed by atoms with Crippen LogP contribution in [0.1, 0.15) is 12.8 Å². The number of carbonyl (C=O) groups excluding carboxylic acids is 2. The van der Waals surface area contributed by atoms with Crippen molar-refractivity contribution in [2.75, 3.05) is 18.8 Å². The zero-order valence-corrected chi connectivity index (χ0v) is 9.55. The number of rotatable bonds is 5. The standard InChI is InChI=1S/C8H15N3O4S/c9-16(14,15)3-1-2-10-8(13)6-4-7(12)11-5-6/h6H,1-5H2,(H,10,13)(H,11,12)(H2,9,14,15). The smallest absolute Gasteiger partial charge is 0.225 e. The van der Waals surface area contributed by atoms with E-state index in [1.54, 1.807) is 0 Å². The first-order valence-electron chi connectivity index (χ1n) is 4.93. The zero-order valence-electron chi connectivity index (χ0n) is 8.73. The minimum atomic E-state index is -3.47. The Kier molecular flexibility index (Phi) is 4.25. The molecule has 92 valence electrons. The molecule has 16 heavy (non-hydrogen) atoms. The van der Waals surface area contributed by atoms with Crippen LogP contribution in [-0.2, 0) is 19.6 Å². The summed E-state index contributed by atoms with van der Waals surface area (Å²) in [5.41, 5.74) is 0. The van der Waals surface area contributed by atoms with E-state index >= 15 is 0 Å². The SMILES string of the molecule is NS(=O)(=O)CCCNC(=O)C1CNC(=O)C1. The number of hydrogen-bond donors (Lipinski definition) is 3. The molecule has 0 radical (unpaired) electrons. The van der Waals surface area contributed by atoms with Gasteiger partial charge < -0.3 is 10.6 Å². The number of carbonyl (C=O) groups is 2. The fourth-order valence-electron chi connectivity index (χ4n) is 1.42. The number of sulfonamides is 1. The van der Waals surface area contributed by atoms with Crippen molar-refractivity contribution in [1.82, 2.24) is 10.6 Å². The quantitative estimate of drug-likeness (QED) is 0.484. The Balaban J connectivity index is 2.18. The van der Waals surface area contributed by atoms with Crippen molar-refractivity contribution >= 4 is 21.8 Å². The third-order valence-corrected chi connectivity index (χ3v) is 3.11. The van der Waals surface area contributed by atoms with Crippen molar-refractivity contribution in [3.63, 3.8) is 0 Å². The highest BCUT2D eigenvalue weighted by molar-refractivity contribution is 7.89. The first kappa shape index (κ1) is 12.9. The van der Waals surface area contributed by atoms with Crippen molar-refractivity contribution in [2.24, 2.45) is 11.1 Å². The van der Waals surface area contributed by atoms with E-state index in [2.05, 4.69) is 10.6 Å². The highest BCUT2D eigenvalue weighted by Gasteiger charge is 2.27. The molecule has 0 aromatic rings. The molecule has 0 bridgehead atoms. The molecule has 1 aliphatic rings. The summed E-state index contributed by atoms with van der Waals surface area (Å²) in [5.74, 6) is -0.866. The second-order valence-electron chi connectivity index (χ2n) is 3.72. The summed E-state index contributed by atoms with van der Waals surface area (Å²) in [7, 11) is -3.47. The van der Waals surface area contributed by atoms with Gasteiger partial charge in [0.05, 0.1) is 11.7 Å². The van der Waals surface area contributed by atoms with Crippen LogP contribution in [0.4, 0.5) is 0 Å². The summed E-state index contributed by atoms with van der Waals surface area (Å²) < 4.78 is 21.2. The number of amides is 2. The minimum absolute atomic E-state index is 0.135. The molecule has 1 unspecified atom stereocenters. The van der Waals surface area contributed by atoms with Gasteiger partial charge in [0.1, 0.15) is 0 Å². The summed E-state index contributed by atoms with van der Waals surface area (Å²) in [4.78, 5) is 22.3. The first-order valence-corrected chi connectivity index (χ1v) is 6.65. The van der Waals surface area contributed by atoms with Crippen LogP contribution in [0.5, 0.6) is 0 Å². The van der Waals surface area contributed by atoms with Gasteiger partial charge in [-0.15, -0.1) is 0 Å². The van der Waals surface area contributed by atoms with E-state index in [-0.39, 0.29) is 42.9 Å². The van der Waals surface area contributed by atoms with Crippen LogP contribution in [0, 0.1) is 5.92 Å². The Bertz CT molecular complexity index is 379. The van der Waals surface area contributed by atoms with Crippen LogP contribution in [0.2, 0.25) is 0 Å². The summed E-state index contributed by atoms with van der Waals surface area (Å²) in [6.45, 7) is 0.597. The van der Waals surface area contributed by atoms with Crippen LogP contribution in [-0.4, -0.2) is 39.1 Å². The van der Waals surface area contributed by atoms with Crippen molar-refractivity contribution < 1.29 is 18.0 Å². The number of nitrogens with one attached hydrogen (secondary N) is 2. The lowest BCUT2D eigenvalue weighted by Gasteiger charge is -2.08. The van der Waals surface area contributed by atoms with Crippen LogP contribution in [0.15, 0.2) is 0 Å². The lowest BCUT2D eigenvalue weighted by Crippen LogP contribution is -2.33. The summed E-state index contributed by atoms with van der Waals surface area (Å²) in [5, 5.41) is 9.91. The van der Waals surface area contributed by atoms with E-state index in [0.717, 1.165) is 0 Å². The van der Waals surface area contributed by atoms with Gasteiger partial charge in [0.2, 0.25) is 21.8 Å². The van der Waals surface area contributed by atoms with Gasteiger partial charge in [-0.2, -0.15) is 0 Å². The Hall–Kier alpha value is -1.15. The van der Waals surface area contributed by atoms with E-state index in [0.29, 0.717) is 6.54 Å². The maximum absolute atomic E-state index is 11.4. The monoisotopic (exact) mass is 249 g/mol. The van der Waals surface area contributed by atoms with Crippen LogP contribution in [0.25, 0.3) is 0 Å².